The minimum absolute atomic E-state index is 0.124. The summed E-state index contributed by atoms with van der Waals surface area (Å²) in [5.74, 6) is -1.10. The standard InChI is InChI=1S/C20H15FN2O2S/c21-16-8-4-5-9-17(16)22-12-18(24)23(15-6-2-1-3-7-15)19(20(22)25)14-10-11-26-13-14/h1-11,13,19H,12H2/t19-/m1/s1. The van der Waals surface area contributed by atoms with E-state index >= 15 is 0 Å². The average molecular weight is 366 g/mol. The first-order valence-corrected chi connectivity index (χ1v) is 9.06. The Balaban J connectivity index is 1.81. The van der Waals surface area contributed by atoms with Crippen molar-refractivity contribution >= 4 is 34.5 Å². The van der Waals surface area contributed by atoms with E-state index in [9.17, 15) is 14.0 Å². The lowest BCUT2D eigenvalue weighted by molar-refractivity contribution is -0.128. The molecule has 0 aliphatic carbocycles. The van der Waals surface area contributed by atoms with Gasteiger partial charge in [0.15, 0.2) is 0 Å². The number of hydrogen-bond acceptors (Lipinski definition) is 3. The van der Waals surface area contributed by atoms with Crippen LogP contribution in [0.2, 0.25) is 0 Å². The maximum atomic E-state index is 14.2. The third kappa shape index (κ3) is 2.78. The molecule has 6 heteroatoms. The summed E-state index contributed by atoms with van der Waals surface area (Å²) < 4.78 is 14.2. The third-order valence-corrected chi connectivity index (χ3v) is 5.06. The van der Waals surface area contributed by atoms with E-state index in [1.807, 2.05) is 35.0 Å². The highest BCUT2D eigenvalue weighted by atomic mass is 32.1. The number of carbonyl (C=O) groups is 2. The van der Waals surface area contributed by atoms with E-state index in [0.29, 0.717) is 5.69 Å². The molecule has 0 saturated carbocycles. The first-order chi connectivity index (χ1) is 12.7. The molecule has 1 aliphatic rings. The molecule has 2 amide bonds. The zero-order valence-corrected chi connectivity index (χ0v) is 14.5. The van der Waals surface area contributed by atoms with Gasteiger partial charge in [0, 0.05) is 5.69 Å². The number of piperazine rings is 1. The van der Waals surface area contributed by atoms with Crippen molar-refractivity contribution in [3.05, 3.63) is 82.8 Å². The second kappa shape index (κ2) is 6.72. The van der Waals surface area contributed by atoms with Crippen LogP contribution < -0.4 is 9.80 Å². The first kappa shape index (κ1) is 16.5. The van der Waals surface area contributed by atoms with E-state index in [1.165, 1.54) is 33.3 Å². The average Bonchev–Trinajstić information content (AvgIpc) is 3.18. The number of benzene rings is 2. The monoisotopic (exact) mass is 366 g/mol. The molecule has 2 aromatic carbocycles. The van der Waals surface area contributed by atoms with Crippen LogP contribution in [-0.4, -0.2) is 18.4 Å². The lowest BCUT2D eigenvalue weighted by Crippen LogP contribution is -2.56. The van der Waals surface area contributed by atoms with Crippen LogP contribution in [0.15, 0.2) is 71.4 Å². The smallest absolute Gasteiger partial charge is 0.255 e. The normalized spacial score (nSPS) is 17.7. The predicted molar refractivity (Wildman–Crippen MR) is 99.7 cm³/mol. The number of anilines is 2. The highest BCUT2D eigenvalue weighted by Gasteiger charge is 2.42. The predicted octanol–water partition coefficient (Wildman–Crippen LogP) is 4.01. The van der Waals surface area contributed by atoms with Crippen LogP contribution in [0.3, 0.4) is 0 Å². The number of halogens is 1. The van der Waals surface area contributed by atoms with Gasteiger partial charge in [-0.1, -0.05) is 30.3 Å². The molecular formula is C20H15FN2O2S. The van der Waals surface area contributed by atoms with Crippen molar-refractivity contribution in [1.29, 1.82) is 0 Å². The summed E-state index contributed by atoms with van der Waals surface area (Å²) in [6, 6.07) is 16.1. The summed E-state index contributed by atoms with van der Waals surface area (Å²) >= 11 is 1.45. The molecule has 4 rings (SSSR count). The van der Waals surface area contributed by atoms with Gasteiger partial charge in [0.1, 0.15) is 18.4 Å². The van der Waals surface area contributed by atoms with Crippen molar-refractivity contribution in [3.8, 4) is 0 Å². The Morgan fingerprint density at radius 2 is 1.69 bits per heavy atom. The minimum Gasteiger partial charge on any atom is -0.298 e. The first-order valence-electron chi connectivity index (χ1n) is 8.12. The van der Waals surface area contributed by atoms with Gasteiger partial charge in [0.25, 0.3) is 5.91 Å². The molecule has 0 spiro atoms. The molecule has 3 aromatic rings. The minimum atomic E-state index is -0.815. The van der Waals surface area contributed by atoms with E-state index < -0.39 is 11.9 Å². The molecule has 26 heavy (non-hydrogen) atoms. The van der Waals surface area contributed by atoms with E-state index in [4.69, 9.17) is 0 Å². The van der Waals surface area contributed by atoms with Gasteiger partial charge in [-0.3, -0.25) is 19.4 Å². The van der Waals surface area contributed by atoms with E-state index in [1.54, 1.807) is 24.3 Å². The molecular weight excluding hydrogens is 351 g/mol. The Bertz CT molecular complexity index is 943. The van der Waals surface area contributed by atoms with Crippen molar-refractivity contribution < 1.29 is 14.0 Å². The second-order valence-electron chi connectivity index (χ2n) is 5.93. The maximum absolute atomic E-state index is 14.2. The molecule has 0 bridgehead atoms. The zero-order valence-electron chi connectivity index (χ0n) is 13.7. The number of para-hydroxylation sites is 2. The van der Waals surface area contributed by atoms with Gasteiger partial charge in [0.05, 0.1) is 5.69 Å². The summed E-state index contributed by atoms with van der Waals surface area (Å²) in [4.78, 5) is 29.0. The van der Waals surface area contributed by atoms with Crippen LogP contribution in [0.25, 0.3) is 0 Å². The van der Waals surface area contributed by atoms with Gasteiger partial charge in [0.2, 0.25) is 5.91 Å². The third-order valence-electron chi connectivity index (χ3n) is 4.36. The Kier molecular flexibility index (Phi) is 4.26. The Morgan fingerprint density at radius 3 is 2.38 bits per heavy atom. The van der Waals surface area contributed by atoms with Crippen LogP contribution >= 0.6 is 11.3 Å². The van der Waals surface area contributed by atoms with Crippen molar-refractivity contribution in [3.63, 3.8) is 0 Å². The van der Waals surface area contributed by atoms with E-state index in [-0.39, 0.29) is 24.0 Å². The van der Waals surface area contributed by atoms with Crippen LogP contribution in [0, 0.1) is 5.82 Å². The summed E-state index contributed by atoms with van der Waals surface area (Å²) in [5.41, 5.74) is 1.49. The number of rotatable bonds is 3. The number of nitrogens with zero attached hydrogens (tertiary/aromatic N) is 2. The Morgan fingerprint density at radius 1 is 0.962 bits per heavy atom. The van der Waals surface area contributed by atoms with Crippen molar-refractivity contribution in [1.82, 2.24) is 0 Å². The van der Waals surface area contributed by atoms with Gasteiger partial charge in [-0.15, -0.1) is 0 Å². The summed E-state index contributed by atoms with van der Waals surface area (Å²) in [6.07, 6.45) is 0. The van der Waals surface area contributed by atoms with E-state index in [0.717, 1.165) is 5.56 Å². The molecule has 1 atom stereocenters. The second-order valence-corrected chi connectivity index (χ2v) is 6.71. The molecule has 2 heterocycles. The fourth-order valence-electron chi connectivity index (χ4n) is 3.17. The van der Waals surface area contributed by atoms with Gasteiger partial charge >= 0.3 is 0 Å². The lowest BCUT2D eigenvalue weighted by atomic mass is 10.0. The SMILES string of the molecule is O=C1[C@@H](c2ccsc2)N(c2ccccc2)C(=O)CN1c1ccccc1F. The fourth-order valence-corrected chi connectivity index (χ4v) is 3.85. The highest BCUT2D eigenvalue weighted by molar-refractivity contribution is 7.08. The zero-order chi connectivity index (χ0) is 18.1. The topological polar surface area (TPSA) is 40.6 Å². The van der Waals surface area contributed by atoms with Crippen LogP contribution in [0.4, 0.5) is 15.8 Å². The molecule has 0 unspecified atom stereocenters. The molecule has 1 aromatic heterocycles. The largest absolute Gasteiger partial charge is 0.298 e. The molecule has 0 radical (unpaired) electrons. The van der Waals surface area contributed by atoms with Crippen molar-refractivity contribution in [2.75, 3.05) is 16.3 Å². The van der Waals surface area contributed by atoms with Gasteiger partial charge < -0.3 is 0 Å². The Labute approximate surface area is 154 Å². The van der Waals surface area contributed by atoms with Gasteiger partial charge in [-0.2, -0.15) is 11.3 Å². The molecule has 130 valence electrons. The summed E-state index contributed by atoms with van der Waals surface area (Å²) in [7, 11) is 0. The quantitative estimate of drug-likeness (QED) is 0.703. The van der Waals surface area contributed by atoms with Gasteiger partial charge in [-0.05, 0) is 46.7 Å². The summed E-state index contributed by atoms with van der Waals surface area (Å²) in [5, 5.41) is 3.70. The van der Waals surface area contributed by atoms with Crippen LogP contribution in [-0.2, 0) is 9.59 Å². The van der Waals surface area contributed by atoms with E-state index in [2.05, 4.69) is 0 Å². The lowest BCUT2D eigenvalue weighted by Gasteiger charge is -2.40. The van der Waals surface area contributed by atoms with Crippen molar-refractivity contribution in [2.24, 2.45) is 0 Å². The fraction of sp³-hybridized carbons (Fsp3) is 0.100. The highest BCUT2D eigenvalue weighted by Crippen LogP contribution is 2.35. The number of thiophene rings is 1. The molecule has 1 aliphatic heterocycles. The van der Waals surface area contributed by atoms with Crippen molar-refractivity contribution in [2.45, 2.75) is 6.04 Å². The molecule has 4 nitrogen and oxygen atoms in total. The molecule has 0 N–H and O–H groups in total. The molecule has 1 saturated heterocycles. The van der Waals surface area contributed by atoms with Crippen LogP contribution in [0.5, 0.6) is 0 Å². The number of amides is 2. The van der Waals surface area contributed by atoms with Crippen LogP contribution in [0.1, 0.15) is 11.6 Å². The number of carbonyl (C=O) groups excluding carboxylic acids is 2. The molecule has 1 fully saturated rings. The van der Waals surface area contributed by atoms with Gasteiger partial charge in [-0.25, -0.2) is 4.39 Å². The maximum Gasteiger partial charge on any atom is 0.255 e. The number of hydrogen-bond donors (Lipinski definition) is 0. The summed E-state index contributed by atoms with van der Waals surface area (Å²) in [6.45, 7) is -0.199. The Hall–Kier alpha value is -2.99.